The summed E-state index contributed by atoms with van der Waals surface area (Å²) in [6.45, 7) is 5.23. The molecule has 2 atom stereocenters. The fourth-order valence-corrected chi connectivity index (χ4v) is 4.13. The Kier molecular flexibility index (Phi) is 4.34. The Morgan fingerprint density at radius 3 is 2.57 bits per heavy atom. The lowest BCUT2D eigenvalue weighted by Crippen LogP contribution is -2.52. The van der Waals surface area contributed by atoms with Gasteiger partial charge in [0.15, 0.2) is 0 Å². The standard InChI is InChI=1S/C18H28N2O/c1-13-8-14(2)10-15(9-13)11-17(20-19)16-4-7-21-18(12-16)5-3-6-18/h8-10,16-17,20H,3-7,11-12,19H2,1-2H3. The number of aryl methyl sites for hydroxylation is 2. The van der Waals surface area contributed by atoms with Crippen molar-refractivity contribution in [2.45, 2.75) is 64.0 Å². The minimum Gasteiger partial charge on any atom is -0.375 e. The van der Waals surface area contributed by atoms with E-state index in [1.165, 1.54) is 42.4 Å². The monoisotopic (exact) mass is 288 g/mol. The molecule has 1 heterocycles. The Balaban J connectivity index is 1.69. The van der Waals surface area contributed by atoms with Gasteiger partial charge in [-0.05, 0) is 63.9 Å². The highest BCUT2D eigenvalue weighted by atomic mass is 16.5. The first-order chi connectivity index (χ1) is 10.1. The number of hydrogen-bond donors (Lipinski definition) is 2. The van der Waals surface area contributed by atoms with E-state index in [9.17, 15) is 0 Å². The predicted molar refractivity (Wildman–Crippen MR) is 86.0 cm³/mol. The summed E-state index contributed by atoms with van der Waals surface area (Å²) >= 11 is 0. The third-order valence-electron chi connectivity index (χ3n) is 5.32. The van der Waals surface area contributed by atoms with Crippen molar-refractivity contribution in [2.24, 2.45) is 11.8 Å². The van der Waals surface area contributed by atoms with Gasteiger partial charge in [-0.15, -0.1) is 0 Å². The molecule has 21 heavy (non-hydrogen) atoms. The number of hydrazine groups is 1. The van der Waals surface area contributed by atoms with Crippen LogP contribution in [0, 0.1) is 19.8 Å². The average Bonchev–Trinajstić information content (AvgIpc) is 2.42. The number of ether oxygens (including phenoxy) is 1. The maximum Gasteiger partial charge on any atom is 0.0685 e. The van der Waals surface area contributed by atoms with Crippen LogP contribution in [0.1, 0.15) is 48.8 Å². The number of nitrogens with two attached hydrogens (primary N) is 1. The van der Waals surface area contributed by atoms with Gasteiger partial charge in [0.05, 0.1) is 5.60 Å². The maximum absolute atomic E-state index is 6.05. The van der Waals surface area contributed by atoms with Gasteiger partial charge in [0, 0.05) is 12.6 Å². The number of hydrogen-bond acceptors (Lipinski definition) is 3. The minimum atomic E-state index is 0.195. The van der Waals surface area contributed by atoms with Gasteiger partial charge < -0.3 is 4.74 Å². The summed E-state index contributed by atoms with van der Waals surface area (Å²) in [6, 6.07) is 7.16. The van der Waals surface area contributed by atoms with Crippen LogP contribution >= 0.6 is 0 Å². The van der Waals surface area contributed by atoms with Crippen LogP contribution < -0.4 is 11.3 Å². The first-order valence-corrected chi connectivity index (χ1v) is 8.27. The summed E-state index contributed by atoms with van der Waals surface area (Å²) in [7, 11) is 0. The fourth-order valence-electron chi connectivity index (χ4n) is 4.13. The Labute approximate surface area is 128 Å². The van der Waals surface area contributed by atoms with Gasteiger partial charge in [0.2, 0.25) is 0 Å². The molecular weight excluding hydrogens is 260 g/mol. The van der Waals surface area contributed by atoms with Crippen molar-refractivity contribution in [1.82, 2.24) is 5.43 Å². The van der Waals surface area contributed by atoms with Gasteiger partial charge >= 0.3 is 0 Å². The van der Waals surface area contributed by atoms with Crippen LogP contribution in [-0.4, -0.2) is 18.2 Å². The van der Waals surface area contributed by atoms with Crippen LogP contribution in [0.5, 0.6) is 0 Å². The second-order valence-corrected chi connectivity index (χ2v) is 7.11. The van der Waals surface area contributed by atoms with Gasteiger partial charge in [-0.3, -0.25) is 11.3 Å². The van der Waals surface area contributed by atoms with E-state index >= 15 is 0 Å². The molecule has 1 aliphatic carbocycles. The Hall–Kier alpha value is -0.900. The molecule has 1 spiro atoms. The van der Waals surface area contributed by atoms with Crippen LogP contribution in [0.3, 0.4) is 0 Å². The second kappa shape index (κ2) is 6.07. The molecular formula is C18H28N2O. The highest BCUT2D eigenvalue weighted by Gasteiger charge is 2.44. The van der Waals surface area contributed by atoms with Crippen LogP contribution in [0.2, 0.25) is 0 Å². The maximum atomic E-state index is 6.05. The quantitative estimate of drug-likeness (QED) is 0.661. The molecule has 1 aromatic rings. The summed E-state index contributed by atoms with van der Waals surface area (Å²) in [4.78, 5) is 0. The van der Waals surface area contributed by atoms with Crippen LogP contribution in [-0.2, 0) is 11.2 Å². The number of benzene rings is 1. The van der Waals surface area contributed by atoms with E-state index in [-0.39, 0.29) is 5.60 Å². The lowest BCUT2D eigenvalue weighted by Gasteiger charge is -2.48. The molecule has 1 aromatic carbocycles. The van der Waals surface area contributed by atoms with Gasteiger partial charge in [-0.25, -0.2) is 0 Å². The van der Waals surface area contributed by atoms with Crippen LogP contribution in [0.4, 0.5) is 0 Å². The molecule has 1 saturated carbocycles. The molecule has 3 heteroatoms. The van der Waals surface area contributed by atoms with Gasteiger partial charge in [-0.1, -0.05) is 29.3 Å². The molecule has 0 bridgehead atoms. The molecule has 1 aliphatic heterocycles. The smallest absolute Gasteiger partial charge is 0.0685 e. The summed E-state index contributed by atoms with van der Waals surface area (Å²) in [5, 5.41) is 0. The van der Waals surface area contributed by atoms with Gasteiger partial charge in [0.1, 0.15) is 0 Å². The zero-order valence-electron chi connectivity index (χ0n) is 13.3. The highest BCUT2D eigenvalue weighted by molar-refractivity contribution is 5.29. The SMILES string of the molecule is Cc1cc(C)cc(CC(NN)C2CCOC3(CCC3)C2)c1. The average molecular weight is 288 g/mol. The van der Waals surface area contributed by atoms with Crippen molar-refractivity contribution >= 4 is 0 Å². The Morgan fingerprint density at radius 1 is 1.29 bits per heavy atom. The first-order valence-electron chi connectivity index (χ1n) is 8.27. The lowest BCUT2D eigenvalue weighted by molar-refractivity contribution is -0.147. The Bertz CT molecular complexity index is 476. The summed E-state index contributed by atoms with van der Waals surface area (Å²) < 4.78 is 6.05. The minimum absolute atomic E-state index is 0.195. The van der Waals surface area contributed by atoms with Crippen LogP contribution in [0.25, 0.3) is 0 Å². The number of rotatable bonds is 4. The molecule has 0 radical (unpaired) electrons. The predicted octanol–water partition coefficient (Wildman–Crippen LogP) is 3.03. The molecule has 2 fully saturated rings. The summed E-state index contributed by atoms with van der Waals surface area (Å²) in [6.07, 6.45) is 7.12. The van der Waals surface area contributed by atoms with E-state index in [0.29, 0.717) is 12.0 Å². The van der Waals surface area contributed by atoms with Gasteiger partial charge in [0.25, 0.3) is 0 Å². The van der Waals surface area contributed by atoms with Crippen molar-refractivity contribution in [3.05, 3.63) is 34.9 Å². The molecule has 3 N–H and O–H groups in total. The van der Waals surface area contributed by atoms with Crippen molar-refractivity contribution in [2.75, 3.05) is 6.61 Å². The first kappa shape index (κ1) is 15.0. The molecule has 2 aliphatic rings. The molecule has 3 nitrogen and oxygen atoms in total. The van der Waals surface area contributed by atoms with E-state index in [1.807, 2.05) is 0 Å². The highest BCUT2D eigenvalue weighted by Crippen LogP contribution is 2.45. The second-order valence-electron chi connectivity index (χ2n) is 7.11. The summed E-state index contributed by atoms with van der Waals surface area (Å²) in [5.41, 5.74) is 7.35. The topological polar surface area (TPSA) is 47.3 Å². The normalized spacial score (nSPS) is 25.6. The largest absolute Gasteiger partial charge is 0.375 e. The number of nitrogens with one attached hydrogen (secondary N) is 1. The van der Waals surface area contributed by atoms with E-state index in [2.05, 4.69) is 37.5 Å². The molecule has 116 valence electrons. The molecule has 0 aromatic heterocycles. The van der Waals surface area contributed by atoms with E-state index < -0.39 is 0 Å². The van der Waals surface area contributed by atoms with Crippen molar-refractivity contribution in [3.8, 4) is 0 Å². The van der Waals surface area contributed by atoms with Crippen molar-refractivity contribution in [1.29, 1.82) is 0 Å². The Morgan fingerprint density at radius 2 is 2.00 bits per heavy atom. The third-order valence-corrected chi connectivity index (χ3v) is 5.32. The fraction of sp³-hybridized carbons (Fsp3) is 0.667. The zero-order chi connectivity index (χ0) is 14.9. The lowest BCUT2D eigenvalue weighted by atomic mass is 9.70. The third kappa shape index (κ3) is 3.31. The molecule has 2 unspecified atom stereocenters. The van der Waals surface area contributed by atoms with E-state index in [1.54, 1.807) is 0 Å². The summed E-state index contributed by atoms with van der Waals surface area (Å²) in [5.74, 6) is 6.51. The zero-order valence-corrected chi connectivity index (χ0v) is 13.3. The van der Waals surface area contributed by atoms with E-state index in [0.717, 1.165) is 19.4 Å². The van der Waals surface area contributed by atoms with Crippen molar-refractivity contribution < 1.29 is 4.74 Å². The van der Waals surface area contributed by atoms with E-state index in [4.69, 9.17) is 10.6 Å². The van der Waals surface area contributed by atoms with Crippen molar-refractivity contribution in [3.63, 3.8) is 0 Å². The van der Waals surface area contributed by atoms with Crippen LogP contribution in [0.15, 0.2) is 18.2 Å². The molecule has 1 saturated heterocycles. The van der Waals surface area contributed by atoms with Gasteiger partial charge in [-0.2, -0.15) is 0 Å². The molecule has 0 amide bonds. The molecule has 3 rings (SSSR count).